The molecule has 5 nitrogen and oxygen atoms in total. The Bertz CT molecular complexity index is 517. The van der Waals surface area contributed by atoms with E-state index in [1.807, 2.05) is 0 Å². The van der Waals surface area contributed by atoms with Gasteiger partial charge in [0.25, 0.3) is 0 Å². The lowest BCUT2D eigenvalue weighted by Crippen LogP contribution is -2.50. The predicted octanol–water partition coefficient (Wildman–Crippen LogP) is 1.59. The van der Waals surface area contributed by atoms with Gasteiger partial charge in [-0.15, -0.1) is 0 Å². The smallest absolute Gasteiger partial charge is 0.234 e. The molecular weight excluding hydrogens is 309 g/mol. The molecule has 0 unspecified atom stereocenters. The zero-order valence-electron chi connectivity index (χ0n) is 14.6. The number of hydrogen-bond acceptors (Lipinski definition) is 4. The van der Waals surface area contributed by atoms with Crippen LogP contribution in [0, 0.1) is 11.7 Å². The number of nitrogens with zero attached hydrogens (tertiary/aromatic N) is 2. The van der Waals surface area contributed by atoms with E-state index in [1.54, 1.807) is 12.1 Å². The van der Waals surface area contributed by atoms with E-state index in [-0.39, 0.29) is 11.7 Å². The fourth-order valence-electron chi connectivity index (χ4n) is 2.82. The molecule has 1 heterocycles. The fraction of sp³-hybridized carbons (Fsp3) is 0.611. The Morgan fingerprint density at radius 1 is 1.25 bits per heavy atom. The number of nitrogens with one attached hydrogen (secondary N) is 1. The second-order valence-corrected chi connectivity index (χ2v) is 6.63. The highest BCUT2D eigenvalue weighted by atomic mass is 19.1. The van der Waals surface area contributed by atoms with Gasteiger partial charge in [-0.1, -0.05) is 19.9 Å². The van der Waals surface area contributed by atoms with Crippen LogP contribution in [-0.4, -0.2) is 68.1 Å². The van der Waals surface area contributed by atoms with Gasteiger partial charge in [0.05, 0.1) is 13.1 Å². The molecule has 24 heavy (non-hydrogen) atoms. The van der Waals surface area contributed by atoms with E-state index in [9.17, 15) is 9.18 Å². The molecular formula is C18H28FN3O2. The minimum Gasteiger partial charge on any atom is -0.492 e. The van der Waals surface area contributed by atoms with Crippen molar-refractivity contribution in [2.75, 3.05) is 52.4 Å². The van der Waals surface area contributed by atoms with Crippen LogP contribution in [0.2, 0.25) is 0 Å². The molecule has 0 aliphatic carbocycles. The van der Waals surface area contributed by atoms with Crippen molar-refractivity contribution in [2.24, 2.45) is 5.92 Å². The predicted molar refractivity (Wildman–Crippen MR) is 92.6 cm³/mol. The van der Waals surface area contributed by atoms with Crippen LogP contribution in [0.25, 0.3) is 0 Å². The Morgan fingerprint density at radius 2 is 1.96 bits per heavy atom. The molecule has 2 rings (SSSR count). The van der Waals surface area contributed by atoms with Gasteiger partial charge in [-0.05, 0) is 18.1 Å². The molecule has 0 saturated carbocycles. The molecule has 0 atom stereocenters. The summed E-state index contributed by atoms with van der Waals surface area (Å²) >= 11 is 0. The van der Waals surface area contributed by atoms with Gasteiger partial charge in [0.2, 0.25) is 5.91 Å². The third-order valence-corrected chi connectivity index (χ3v) is 3.94. The molecule has 0 aromatic heterocycles. The summed E-state index contributed by atoms with van der Waals surface area (Å²) < 4.78 is 18.4. The van der Waals surface area contributed by atoms with Gasteiger partial charge in [-0.2, -0.15) is 0 Å². The Balaban J connectivity index is 1.57. The summed E-state index contributed by atoms with van der Waals surface area (Å²) in [4.78, 5) is 16.6. The van der Waals surface area contributed by atoms with Gasteiger partial charge in [0, 0.05) is 38.8 Å². The number of carbonyl (C=O) groups excluding carboxylic acids is 1. The molecule has 0 bridgehead atoms. The van der Waals surface area contributed by atoms with E-state index in [0.717, 1.165) is 32.7 Å². The van der Waals surface area contributed by atoms with Gasteiger partial charge in [-0.3, -0.25) is 9.69 Å². The summed E-state index contributed by atoms with van der Waals surface area (Å²) in [6.45, 7) is 10.7. The van der Waals surface area contributed by atoms with Crippen molar-refractivity contribution in [3.05, 3.63) is 30.1 Å². The number of hydrogen-bond donors (Lipinski definition) is 1. The molecule has 1 saturated heterocycles. The van der Waals surface area contributed by atoms with Gasteiger partial charge < -0.3 is 15.0 Å². The minimum atomic E-state index is -0.326. The summed E-state index contributed by atoms with van der Waals surface area (Å²) in [5.41, 5.74) is 0. The number of benzene rings is 1. The molecule has 134 valence electrons. The number of amides is 1. The van der Waals surface area contributed by atoms with E-state index in [1.165, 1.54) is 12.1 Å². The highest BCUT2D eigenvalue weighted by Crippen LogP contribution is 2.11. The van der Waals surface area contributed by atoms with E-state index >= 15 is 0 Å². The molecule has 1 fully saturated rings. The van der Waals surface area contributed by atoms with Gasteiger partial charge in [-0.25, -0.2) is 4.39 Å². The SMILES string of the molecule is CC(C)CN1CCN(CC(=O)NCCOc2cccc(F)c2)CC1. The molecule has 0 spiro atoms. The maximum Gasteiger partial charge on any atom is 0.234 e. The molecule has 1 amide bonds. The van der Waals surface area contributed by atoms with Crippen molar-refractivity contribution >= 4 is 5.91 Å². The first-order valence-electron chi connectivity index (χ1n) is 8.62. The van der Waals surface area contributed by atoms with E-state index in [4.69, 9.17) is 4.74 Å². The van der Waals surface area contributed by atoms with Crippen molar-refractivity contribution in [1.29, 1.82) is 0 Å². The number of carbonyl (C=O) groups is 1. The van der Waals surface area contributed by atoms with Crippen LogP contribution in [0.1, 0.15) is 13.8 Å². The number of ether oxygens (including phenoxy) is 1. The van der Waals surface area contributed by atoms with Gasteiger partial charge in [0.1, 0.15) is 18.2 Å². The maximum atomic E-state index is 13.0. The Labute approximate surface area is 143 Å². The average Bonchev–Trinajstić information content (AvgIpc) is 2.53. The zero-order chi connectivity index (χ0) is 17.4. The van der Waals surface area contributed by atoms with Crippen molar-refractivity contribution in [1.82, 2.24) is 15.1 Å². The third-order valence-electron chi connectivity index (χ3n) is 3.94. The normalized spacial score (nSPS) is 16.3. The first-order chi connectivity index (χ1) is 11.5. The van der Waals surface area contributed by atoms with E-state index in [2.05, 4.69) is 29.0 Å². The van der Waals surface area contributed by atoms with E-state index < -0.39 is 0 Å². The largest absolute Gasteiger partial charge is 0.492 e. The zero-order valence-corrected chi connectivity index (χ0v) is 14.6. The quantitative estimate of drug-likeness (QED) is 0.732. The second kappa shape index (κ2) is 9.59. The average molecular weight is 337 g/mol. The number of rotatable bonds is 8. The van der Waals surface area contributed by atoms with Gasteiger partial charge in [0.15, 0.2) is 0 Å². The van der Waals surface area contributed by atoms with Crippen LogP contribution in [0.3, 0.4) is 0 Å². The highest BCUT2D eigenvalue weighted by molar-refractivity contribution is 5.78. The topological polar surface area (TPSA) is 44.8 Å². The second-order valence-electron chi connectivity index (χ2n) is 6.63. The first-order valence-corrected chi connectivity index (χ1v) is 8.62. The molecule has 1 aliphatic heterocycles. The van der Waals surface area contributed by atoms with Crippen molar-refractivity contribution in [3.8, 4) is 5.75 Å². The molecule has 1 aromatic carbocycles. The van der Waals surface area contributed by atoms with Crippen LogP contribution in [0.4, 0.5) is 4.39 Å². The van der Waals surface area contributed by atoms with E-state index in [0.29, 0.717) is 31.4 Å². The van der Waals surface area contributed by atoms with Crippen LogP contribution in [0.15, 0.2) is 24.3 Å². The Kier molecular flexibility index (Phi) is 7.46. The summed E-state index contributed by atoms with van der Waals surface area (Å²) in [5.74, 6) is 0.840. The Hall–Kier alpha value is -1.66. The Morgan fingerprint density at radius 3 is 2.62 bits per heavy atom. The van der Waals surface area contributed by atoms with Crippen LogP contribution in [0.5, 0.6) is 5.75 Å². The first kappa shape index (κ1) is 18.7. The lowest BCUT2D eigenvalue weighted by Gasteiger charge is -2.35. The number of halogens is 1. The van der Waals surface area contributed by atoms with Crippen molar-refractivity contribution < 1.29 is 13.9 Å². The van der Waals surface area contributed by atoms with Crippen molar-refractivity contribution in [3.63, 3.8) is 0 Å². The minimum absolute atomic E-state index is 0.00940. The van der Waals surface area contributed by atoms with Gasteiger partial charge >= 0.3 is 0 Å². The fourth-order valence-corrected chi connectivity index (χ4v) is 2.82. The monoisotopic (exact) mass is 337 g/mol. The molecule has 1 aliphatic rings. The molecule has 1 aromatic rings. The lowest BCUT2D eigenvalue weighted by atomic mass is 10.2. The molecule has 1 N–H and O–H groups in total. The highest BCUT2D eigenvalue weighted by Gasteiger charge is 2.19. The van der Waals surface area contributed by atoms with Crippen molar-refractivity contribution in [2.45, 2.75) is 13.8 Å². The van der Waals surface area contributed by atoms with Crippen LogP contribution < -0.4 is 10.1 Å². The summed E-state index contributed by atoms with van der Waals surface area (Å²) in [6.07, 6.45) is 0. The van der Waals surface area contributed by atoms with Crippen LogP contribution >= 0.6 is 0 Å². The summed E-state index contributed by atoms with van der Waals surface area (Å²) in [6, 6.07) is 6.00. The molecule has 0 radical (unpaired) electrons. The summed E-state index contributed by atoms with van der Waals surface area (Å²) in [7, 11) is 0. The van der Waals surface area contributed by atoms with Crippen LogP contribution in [-0.2, 0) is 4.79 Å². The standard InChI is InChI=1S/C18H28FN3O2/c1-15(2)13-21-7-9-22(10-8-21)14-18(23)20-6-11-24-17-5-3-4-16(19)12-17/h3-5,12,15H,6-11,13-14H2,1-2H3,(H,20,23). The maximum absolute atomic E-state index is 13.0. The summed E-state index contributed by atoms with van der Waals surface area (Å²) in [5, 5.41) is 2.85. The lowest BCUT2D eigenvalue weighted by molar-refractivity contribution is -0.122. The molecule has 6 heteroatoms. The third kappa shape index (κ3) is 6.84. The number of piperazine rings is 1.